The lowest BCUT2D eigenvalue weighted by Crippen LogP contribution is -2.16. The Morgan fingerprint density at radius 1 is 1.12 bits per heavy atom. The van der Waals surface area contributed by atoms with E-state index >= 15 is 0 Å². The number of carbonyl (C=O) groups is 1. The third-order valence-electron chi connectivity index (χ3n) is 3.60. The van der Waals surface area contributed by atoms with Gasteiger partial charge in [-0.1, -0.05) is 6.07 Å². The quantitative estimate of drug-likeness (QED) is 0.756. The Morgan fingerprint density at radius 2 is 1.79 bits per heavy atom. The summed E-state index contributed by atoms with van der Waals surface area (Å²) in [4.78, 5) is 16.9. The van der Waals surface area contributed by atoms with Crippen molar-refractivity contribution in [2.24, 2.45) is 5.14 Å². The van der Waals surface area contributed by atoms with Gasteiger partial charge < -0.3 is 5.32 Å². The molecule has 0 aliphatic rings. The van der Waals surface area contributed by atoms with Gasteiger partial charge in [-0.05, 0) is 49.7 Å². The average molecular weight is 344 g/mol. The highest BCUT2D eigenvalue weighted by Gasteiger charge is 2.17. The minimum Gasteiger partial charge on any atom is -0.321 e. The third-order valence-corrected chi connectivity index (χ3v) is 4.53. The fourth-order valence-corrected chi connectivity index (χ4v) is 2.98. The Morgan fingerprint density at radius 3 is 2.42 bits per heavy atom. The second-order valence-corrected chi connectivity index (χ2v) is 7.07. The van der Waals surface area contributed by atoms with Crippen molar-refractivity contribution in [2.75, 3.05) is 5.32 Å². The van der Waals surface area contributed by atoms with Gasteiger partial charge in [0.25, 0.3) is 5.91 Å². The zero-order valence-corrected chi connectivity index (χ0v) is 14.0. The molecular formula is C16H16N4O3S. The molecule has 0 radical (unpaired) electrons. The van der Waals surface area contributed by atoms with E-state index in [1.165, 1.54) is 24.3 Å². The number of pyridine rings is 1. The molecule has 8 heteroatoms. The van der Waals surface area contributed by atoms with Crippen LogP contribution >= 0.6 is 0 Å². The number of benzene rings is 1. The molecule has 0 unspecified atom stereocenters. The van der Waals surface area contributed by atoms with Gasteiger partial charge in [0.1, 0.15) is 11.3 Å². The van der Waals surface area contributed by atoms with Crippen LogP contribution in [-0.2, 0) is 10.0 Å². The van der Waals surface area contributed by atoms with E-state index in [-0.39, 0.29) is 10.8 Å². The predicted molar refractivity (Wildman–Crippen MR) is 90.4 cm³/mol. The molecule has 2 aromatic heterocycles. The number of nitrogens with two attached hydrogens (primary N) is 1. The van der Waals surface area contributed by atoms with Gasteiger partial charge in [-0.2, -0.15) is 0 Å². The van der Waals surface area contributed by atoms with Crippen LogP contribution in [0, 0.1) is 13.8 Å². The van der Waals surface area contributed by atoms with Crippen molar-refractivity contribution in [2.45, 2.75) is 18.7 Å². The van der Waals surface area contributed by atoms with Gasteiger partial charge in [-0.25, -0.2) is 18.5 Å². The second-order valence-electron chi connectivity index (χ2n) is 5.50. The molecule has 7 nitrogen and oxygen atoms in total. The zero-order valence-electron chi connectivity index (χ0n) is 13.1. The molecule has 0 aliphatic carbocycles. The van der Waals surface area contributed by atoms with E-state index in [2.05, 4.69) is 10.3 Å². The number of hydrogen-bond acceptors (Lipinski definition) is 4. The standard InChI is InChI=1S/C16H16N4O3S/c1-10-3-8-14-18-11(2)15(20(14)9-10)16(21)19-12-4-6-13(7-5-12)24(17,22)23/h3-9H,1-2H3,(H,19,21)(H2,17,22,23). The van der Waals surface area contributed by atoms with E-state index in [0.29, 0.717) is 22.7 Å². The lowest BCUT2D eigenvalue weighted by molar-refractivity contribution is 0.102. The van der Waals surface area contributed by atoms with Crippen LogP contribution in [0.25, 0.3) is 5.65 Å². The molecule has 3 aromatic rings. The molecule has 2 heterocycles. The third kappa shape index (κ3) is 3.01. The van der Waals surface area contributed by atoms with Crippen LogP contribution in [0.15, 0.2) is 47.5 Å². The first-order valence-corrected chi connectivity index (χ1v) is 8.70. The smallest absolute Gasteiger partial charge is 0.274 e. The normalized spacial score (nSPS) is 11.6. The molecule has 0 saturated carbocycles. The number of anilines is 1. The van der Waals surface area contributed by atoms with Crippen LogP contribution < -0.4 is 10.5 Å². The van der Waals surface area contributed by atoms with Crippen LogP contribution in [-0.4, -0.2) is 23.7 Å². The topological polar surface area (TPSA) is 107 Å². The fourth-order valence-electron chi connectivity index (χ4n) is 2.46. The van der Waals surface area contributed by atoms with E-state index in [4.69, 9.17) is 5.14 Å². The number of imidazole rings is 1. The SMILES string of the molecule is Cc1ccc2nc(C)c(C(=O)Nc3ccc(S(N)(=O)=O)cc3)n2c1. The molecule has 24 heavy (non-hydrogen) atoms. The maximum atomic E-state index is 12.6. The van der Waals surface area contributed by atoms with E-state index in [9.17, 15) is 13.2 Å². The Kier molecular flexibility index (Phi) is 3.86. The monoisotopic (exact) mass is 344 g/mol. The highest BCUT2D eigenvalue weighted by molar-refractivity contribution is 7.89. The first kappa shape index (κ1) is 16.2. The fraction of sp³-hybridized carbons (Fsp3) is 0.125. The van der Waals surface area contributed by atoms with E-state index in [0.717, 1.165) is 5.56 Å². The van der Waals surface area contributed by atoms with Crippen LogP contribution in [0.3, 0.4) is 0 Å². The second kappa shape index (κ2) is 5.73. The van der Waals surface area contributed by atoms with E-state index in [1.807, 2.05) is 25.3 Å². The molecule has 3 rings (SSSR count). The highest BCUT2D eigenvalue weighted by Crippen LogP contribution is 2.17. The summed E-state index contributed by atoms with van der Waals surface area (Å²) in [5, 5.41) is 7.79. The van der Waals surface area contributed by atoms with Gasteiger partial charge in [-0.15, -0.1) is 0 Å². The molecule has 0 bridgehead atoms. The Balaban J connectivity index is 1.93. The molecule has 0 fully saturated rings. The molecule has 3 N–H and O–H groups in total. The van der Waals surface area contributed by atoms with Gasteiger partial charge in [0, 0.05) is 11.9 Å². The van der Waals surface area contributed by atoms with Crippen molar-refractivity contribution < 1.29 is 13.2 Å². The number of aryl methyl sites for hydroxylation is 2. The molecular weight excluding hydrogens is 328 g/mol. The van der Waals surface area contributed by atoms with Crippen molar-refractivity contribution >= 4 is 27.3 Å². The molecule has 1 aromatic carbocycles. The summed E-state index contributed by atoms with van der Waals surface area (Å²) in [7, 11) is -3.76. The number of hydrogen-bond donors (Lipinski definition) is 2. The minimum absolute atomic E-state index is 0.0119. The van der Waals surface area contributed by atoms with Gasteiger partial charge >= 0.3 is 0 Å². The minimum atomic E-state index is -3.76. The first-order valence-electron chi connectivity index (χ1n) is 7.15. The number of carbonyl (C=O) groups excluding carboxylic acids is 1. The summed E-state index contributed by atoms with van der Waals surface area (Å²) in [5.74, 6) is -0.325. The molecule has 124 valence electrons. The number of rotatable bonds is 3. The predicted octanol–water partition coefficient (Wildman–Crippen LogP) is 1.85. The van der Waals surface area contributed by atoms with Gasteiger partial charge in [0.15, 0.2) is 0 Å². The van der Waals surface area contributed by atoms with Crippen molar-refractivity contribution in [3.05, 3.63) is 59.5 Å². The van der Waals surface area contributed by atoms with E-state index in [1.54, 1.807) is 11.3 Å². The van der Waals surface area contributed by atoms with Crippen LogP contribution in [0.1, 0.15) is 21.7 Å². The number of aromatic nitrogens is 2. The first-order chi connectivity index (χ1) is 11.3. The number of primary sulfonamides is 1. The Bertz CT molecular complexity index is 1040. The Labute approximate surface area is 139 Å². The largest absolute Gasteiger partial charge is 0.321 e. The van der Waals surface area contributed by atoms with E-state index < -0.39 is 10.0 Å². The van der Waals surface area contributed by atoms with Gasteiger partial charge in [-0.3, -0.25) is 9.20 Å². The van der Waals surface area contributed by atoms with Crippen LogP contribution in [0.4, 0.5) is 5.69 Å². The van der Waals surface area contributed by atoms with Crippen molar-refractivity contribution in [1.82, 2.24) is 9.38 Å². The van der Waals surface area contributed by atoms with Crippen LogP contribution in [0.2, 0.25) is 0 Å². The van der Waals surface area contributed by atoms with Crippen LogP contribution in [0.5, 0.6) is 0 Å². The summed E-state index contributed by atoms with van der Waals surface area (Å²) in [5.41, 5.74) is 3.21. The summed E-state index contributed by atoms with van der Waals surface area (Å²) in [6.07, 6.45) is 1.84. The number of fused-ring (bicyclic) bond motifs is 1. The maximum Gasteiger partial charge on any atom is 0.274 e. The molecule has 0 spiro atoms. The van der Waals surface area contributed by atoms with Crippen molar-refractivity contribution in [3.8, 4) is 0 Å². The van der Waals surface area contributed by atoms with Gasteiger partial charge in [0.2, 0.25) is 10.0 Å². The molecule has 0 atom stereocenters. The number of amides is 1. The average Bonchev–Trinajstić information content (AvgIpc) is 2.82. The number of nitrogens with one attached hydrogen (secondary N) is 1. The molecule has 0 saturated heterocycles. The lowest BCUT2D eigenvalue weighted by atomic mass is 10.2. The number of nitrogens with zero attached hydrogens (tertiary/aromatic N) is 2. The maximum absolute atomic E-state index is 12.6. The summed E-state index contributed by atoms with van der Waals surface area (Å²) < 4.78 is 24.2. The summed E-state index contributed by atoms with van der Waals surface area (Å²) >= 11 is 0. The molecule has 1 amide bonds. The summed E-state index contributed by atoms with van der Waals surface area (Å²) in [6.45, 7) is 3.70. The van der Waals surface area contributed by atoms with Crippen molar-refractivity contribution in [1.29, 1.82) is 0 Å². The Hall–Kier alpha value is -2.71. The highest BCUT2D eigenvalue weighted by atomic mass is 32.2. The summed E-state index contributed by atoms with van der Waals surface area (Å²) in [6, 6.07) is 9.44. The molecule has 0 aliphatic heterocycles. The number of sulfonamides is 1. The lowest BCUT2D eigenvalue weighted by Gasteiger charge is -2.07. The zero-order chi connectivity index (χ0) is 17.5. The van der Waals surface area contributed by atoms with Gasteiger partial charge in [0.05, 0.1) is 10.6 Å². The van der Waals surface area contributed by atoms with Crippen molar-refractivity contribution in [3.63, 3.8) is 0 Å².